The van der Waals surface area contributed by atoms with Gasteiger partial charge < -0.3 is 10.6 Å². The maximum Gasteiger partial charge on any atom is 0.191 e. The SMILES string of the molecule is CN=C(NCc1ccsc1)NCC1CCCCC1C.I. The summed E-state index contributed by atoms with van der Waals surface area (Å²) in [5, 5.41) is 11.1. The van der Waals surface area contributed by atoms with E-state index in [0.717, 1.165) is 30.9 Å². The van der Waals surface area contributed by atoms with Gasteiger partial charge in [-0.15, -0.1) is 24.0 Å². The van der Waals surface area contributed by atoms with Crippen LogP contribution in [0, 0.1) is 11.8 Å². The molecule has 0 aromatic carbocycles. The van der Waals surface area contributed by atoms with Crippen molar-refractivity contribution >= 4 is 41.3 Å². The monoisotopic (exact) mass is 407 g/mol. The van der Waals surface area contributed by atoms with Crippen molar-refractivity contribution in [1.82, 2.24) is 10.6 Å². The topological polar surface area (TPSA) is 36.4 Å². The van der Waals surface area contributed by atoms with Crippen molar-refractivity contribution in [1.29, 1.82) is 0 Å². The highest BCUT2D eigenvalue weighted by molar-refractivity contribution is 14.0. The summed E-state index contributed by atoms with van der Waals surface area (Å²) in [6, 6.07) is 2.15. The summed E-state index contributed by atoms with van der Waals surface area (Å²) < 4.78 is 0. The Balaban J connectivity index is 0.00000200. The van der Waals surface area contributed by atoms with E-state index in [0.29, 0.717) is 0 Å². The maximum absolute atomic E-state index is 4.29. The van der Waals surface area contributed by atoms with Crippen LogP contribution in [0.5, 0.6) is 0 Å². The fourth-order valence-corrected chi connectivity index (χ4v) is 3.39. The third kappa shape index (κ3) is 5.60. The van der Waals surface area contributed by atoms with Crippen molar-refractivity contribution in [3.63, 3.8) is 0 Å². The van der Waals surface area contributed by atoms with Gasteiger partial charge in [-0.25, -0.2) is 0 Å². The zero-order chi connectivity index (χ0) is 13.5. The Morgan fingerprint density at radius 3 is 2.80 bits per heavy atom. The summed E-state index contributed by atoms with van der Waals surface area (Å²) >= 11 is 1.73. The number of nitrogens with one attached hydrogen (secondary N) is 2. The predicted octanol–water partition coefficient (Wildman–Crippen LogP) is 3.86. The number of thiophene rings is 1. The Bertz CT molecular complexity index is 392. The Kier molecular flexibility index (Phi) is 8.52. The molecule has 1 aliphatic carbocycles. The number of aliphatic imine (C=N–C) groups is 1. The first kappa shape index (κ1) is 17.8. The van der Waals surface area contributed by atoms with Gasteiger partial charge in [-0.3, -0.25) is 4.99 Å². The molecule has 0 amide bonds. The number of hydrogen-bond acceptors (Lipinski definition) is 2. The molecular formula is C15H26IN3S. The molecule has 1 aromatic rings. The molecule has 0 radical (unpaired) electrons. The van der Waals surface area contributed by atoms with Gasteiger partial charge in [0.15, 0.2) is 5.96 Å². The van der Waals surface area contributed by atoms with Crippen LogP contribution in [0.15, 0.2) is 21.8 Å². The van der Waals surface area contributed by atoms with Crippen LogP contribution in [0.4, 0.5) is 0 Å². The highest BCUT2D eigenvalue weighted by atomic mass is 127. The second kappa shape index (κ2) is 9.60. The van der Waals surface area contributed by atoms with E-state index in [-0.39, 0.29) is 24.0 Å². The van der Waals surface area contributed by atoms with Crippen LogP contribution < -0.4 is 10.6 Å². The lowest BCUT2D eigenvalue weighted by atomic mass is 9.80. The van der Waals surface area contributed by atoms with E-state index in [9.17, 15) is 0 Å². The number of hydrogen-bond donors (Lipinski definition) is 2. The van der Waals surface area contributed by atoms with Gasteiger partial charge in [-0.05, 0) is 40.6 Å². The molecule has 2 atom stereocenters. The Morgan fingerprint density at radius 2 is 2.15 bits per heavy atom. The van der Waals surface area contributed by atoms with Crippen LogP contribution in [-0.4, -0.2) is 19.6 Å². The van der Waals surface area contributed by atoms with Crippen LogP contribution in [0.2, 0.25) is 0 Å². The van der Waals surface area contributed by atoms with Gasteiger partial charge in [-0.2, -0.15) is 11.3 Å². The summed E-state index contributed by atoms with van der Waals surface area (Å²) in [4.78, 5) is 4.29. The normalized spacial score (nSPS) is 23.0. The van der Waals surface area contributed by atoms with Gasteiger partial charge in [0.1, 0.15) is 0 Å². The van der Waals surface area contributed by atoms with E-state index < -0.39 is 0 Å². The van der Waals surface area contributed by atoms with Crippen molar-refractivity contribution in [2.24, 2.45) is 16.8 Å². The Morgan fingerprint density at radius 1 is 1.35 bits per heavy atom. The molecule has 3 nitrogen and oxygen atoms in total. The van der Waals surface area contributed by atoms with Crippen LogP contribution in [-0.2, 0) is 6.54 Å². The zero-order valence-corrected chi connectivity index (χ0v) is 15.5. The first-order chi connectivity index (χ1) is 9.29. The maximum atomic E-state index is 4.29. The van der Waals surface area contributed by atoms with Crippen molar-refractivity contribution in [3.8, 4) is 0 Å². The highest BCUT2D eigenvalue weighted by Crippen LogP contribution is 2.28. The van der Waals surface area contributed by atoms with E-state index >= 15 is 0 Å². The highest BCUT2D eigenvalue weighted by Gasteiger charge is 2.21. The molecule has 2 N–H and O–H groups in total. The third-order valence-electron chi connectivity index (χ3n) is 4.08. The fourth-order valence-electron chi connectivity index (χ4n) is 2.72. The summed E-state index contributed by atoms with van der Waals surface area (Å²) in [5.41, 5.74) is 1.32. The van der Waals surface area contributed by atoms with E-state index in [4.69, 9.17) is 0 Å². The molecule has 114 valence electrons. The molecule has 0 saturated heterocycles. The minimum atomic E-state index is 0. The molecule has 1 saturated carbocycles. The first-order valence-electron chi connectivity index (χ1n) is 7.25. The zero-order valence-electron chi connectivity index (χ0n) is 12.4. The van der Waals surface area contributed by atoms with E-state index in [1.807, 2.05) is 7.05 Å². The van der Waals surface area contributed by atoms with E-state index in [1.54, 1.807) is 11.3 Å². The van der Waals surface area contributed by atoms with Gasteiger partial charge >= 0.3 is 0 Å². The van der Waals surface area contributed by atoms with Crippen molar-refractivity contribution in [3.05, 3.63) is 22.4 Å². The molecule has 2 unspecified atom stereocenters. The quantitative estimate of drug-likeness (QED) is 0.452. The smallest absolute Gasteiger partial charge is 0.191 e. The summed E-state index contributed by atoms with van der Waals surface area (Å²) in [6.07, 6.45) is 5.53. The van der Waals surface area contributed by atoms with Crippen LogP contribution in [0.1, 0.15) is 38.2 Å². The number of guanidine groups is 1. The Labute approximate surface area is 143 Å². The van der Waals surface area contributed by atoms with Crippen LogP contribution in [0.3, 0.4) is 0 Å². The number of rotatable bonds is 4. The minimum Gasteiger partial charge on any atom is -0.356 e. The second-order valence-electron chi connectivity index (χ2n) is 5.46. The summed E-state index contributed by atoms with van der Waals surface area (Å²) in [6.45, 7) is 4.28. The predicted molar refractivity (Wildman–Crippen MR) is 99.1 cm³/mol. The van der Waals surface area contributed by atoms with E-state index in [1.165, 1.54) is 31.2 Å². The molecule has 1 heterocycles. The molecule has 0 bridgehead atoms. The molecular weight excluding hydrogens is 381 g/mol. The van der Waals surface area contributed by atoms with Gasteiger partial charge in [0, 0.05) is 20.1 Å². The lowest BCUT2D eigenvalue weighted by Crippen LogP contribution is -2.41. The minimum absolute atomic E-state index is 0. The number of nitrogens with zero attached hydrogens (tertiary/aromatic N) is 1. The number of halogens is 1. The lowest BCUT2D eigenvalue weighted by Gasteiger charge is -2.29. The molecule has 1 aliphatic rings. The van der Waals surface area contributed by atoms with E-state index in [2.05, 4.69) is 39.4 Å². The van der Waals surface area contributed by atoms with Gasteiger partial charge in [0.25, 0.3) is 0 Å². The van der Waals surface area contributed by atoms with Crippen LogP contribution in [0.25, 0.3) is 0 Å². The van der Waals surface area contributed by atoms with Crippen LogP contribution >= 0.6 is 35.3 Å². The standard InChI is InChI=1S/C15H25N3S.HI/c1-12-5-3-4-6-14(12)10-18-15(16-2)17-9-13-7-8-19-11-13;/h7-8,11-12,14H,3-6,9-10H2,1-2H3,(H2,16,17,18);1H. The molecule has 2 rings (SSSR count). The third-order valence-corrected chi connectivity index (χ3v) is 4.82. The molecule has 0 aliphatic heterocycles. The fraction of sp³-hybridized carbons (Fsp3) is 0.667. The summed E-state index contributed by atoms with van der Waals surface area (Å²) in [7, 11) is 1.84. The van der Waals surface area contributed by atoms with Crippen molar-refractivity contribution in [2.45, 2.75) is 39.2 Å². The largest absolute Gasteiger partial charge is 0.356 e. The van der Waals surface area contributed by atoms with Gasteiger partial charge in [-0.1, -0.05) is 26.2 Å². The second-order valence-corrected chi connectivity index (χ2v) is 6.24. The summed E-state index contributed by atoms with van der Waals surface area (Å²) in [5.74, 6) is 2.56. The van der Waals surface area contributed by atoms with Gasteiger partial charge in [0.2, 0.25) is 0 Å². The molecule has 20 heavy (non-hydrogen) atoms. The molecule has 1 aromatic heterocycles. The molecule has 0 spiro atoms. The van der Waals surface area contributed by atoms with Gasteiger partial charge in [0.05, 0.1) is 0 Å². The lowest BCUT2D eigenvalue weighted by molar-refractivity contribution is 0.256. The first-order valence-corrected chi connectivity index (χ1v) is 8.19. The Hall–Kier alpha value is -0.300. The average Bonchev–Trinajstić information content (AvgIpc) is 2.94. The average molecular weight is 407 g/mol. The molecule has 1 fully saturated rings. The molecule has 5 heteroatoms. The van der Waals surface area contributed by atoms with Crippen molar-refractivity contribution < 1.29 is 0 Å². The van der Waals surface area contributed by atoms with Crippen molar-refractivity contribution in [2.75, 3.05) is 13.6 Å².